The minimum atomic E-state index is -0.924. The van der Waals surface area contributed by atoms with Crippen LogP contribution in [0, 0.1) is 11.6 Å². The summed E-state index contributed by atoms with van der Waals surface area (Å²) in [5, 5.41) is 11.2. The molecule has 1 aromatic carbocycles. The van der Waals surface area contributed by atoms with E-state index in [0.29, 0.717) is 24.0 Å². The second kappa shape index (κ2) is 8.97. The number of allylic oxidation sites excluding steroid dienone is 1. The molecule has 0 radical (unpaired) electrons. The third-order valence-corrected chi connectivity index (χ3v) is 2.79. The fraction of sp³-hybridized carbons (Fsp3) is 0.333. The molecule has 0 saturated carbocycles. The lowest BCUT2D eigenvalue weighted by molar-refractivity contribution is -0.116. The molecule has 0 aliphatic heterocycles. The summed E-state index contributed by atoms with van der Waals surface area (Å²) in [5.41, 5.74) is 1.06. The molecule has 0 heterocycles. The van der Waals surface area contributed by atoms with Crippen molar-refractivity contribution >= 4 is 12.2 Å². The lowest BCUT2D eigenvalue weighted by Crippen LogP contribution is -2.23. The van der Waals surface area contributed by atoms with Crippen LogP contribution in [0.15, 0.2) is 34.8 Å². The minimum absolute atomic E-state index is 0.0227. The molecule has 0 aromatic heterocycles. The van der Waals surface area contributed by atoms with Gasteiger partial charge in [-0.05, 0) is 37.5 Å². The Balaban J connectivity index is 2.46. The van der Waals surface area contributed by atoms with Gasteiger partial charge in [0.15, 0.2) is 11.6 Å². The van der Waals surface area contributed by atoms with Gasteiger partial charge in [-0.25, -0.2) is 8.78 Å². The normalized spacial score (nSPS) is 11.9. The van der Waals surface area contributed by atoms with E-state index in [1.165, 1.54) is 12.4 Å². The van der Waals surface area contributed by atoms with Crippen LogP contribution in [-0.4, -0.2) is 24.0 Å². The molecule has 0 aliphatic rings. The lowest BCUT2D eigenvalue weighted by Gasteiger charge is -2.04. The molecule has 0 unspecified atom stereocenters. The van der Waals surface area contributed by atoms with Gasteiger partial charge in [0, 0.05) is 12.2 Å². The molecule has 2 N–H and O–H groups in total. The number of carbonyl (C=O) groups excluding carboxylic acids is 1. The summed E-state index contributed by atoms with van der Waals surface area (Å²) in [7, 11) is 0. The molecule has 0 aliphatic carbocycles. The minimum Gasteiger partial charge on any atom is -0.396 e. The summed E-state index contributed by atoms with van der Waals surface area (Å²) in [6.07, 6.45) is 3.90. The van der Waals surface area contributed by atoms with E-state index in [-0.39, 0.29) is 19.1 Å². The third-order valence-electron chi connectivity index (χ3n) is 2.79. The fourth-order valence-electron chi connectivity index (χ4n) is 1.64. The first-order chi connectivity index (χ1) is 10.1. The Morgan fingerprint density at radius 1 is 1.38 bits per heavy atom. The second-order valence-corrected chi connectivity index (χ2v) is 4.33. The van der Waals surface area contributed by atoms with E-state index < -0.39 is 11.6 Å². The average molecular weight is 296 g/mol. The van der Waals surface area contributed by atoms with Crippen LogP contribution in [0.1, 0.15) is 25.3 Å². The maximum atomic E-state index is 13.0. The monoisotopic (exact) mass is 296 g/mol. The number of nitrogens with zero attached hydrogens (tertiary/aromatic N) is 1. The van der Waals surface area contributed by atoms with Gasteiger partial charge in [-0.2, -0.15) is 0 Å². The van der Waals surface area contributed by atoms with Crippen LogP contribution in [0.3, 0.4) is 0 Å². The molecule has 0 atom stereocenters. The predicted octanol–water partition coefficient (Wildman–Crippen LogP) is 2.33. The van der Waals surface area contributed by atoms with Gasteiger partial charge in [-0.1, -0.05) is 12.1 Å². The molecule has 1 amide bonds. The van der Waals surface area contributed by atoms with Crippen LogP contribution in [0.2, 0.25) is 0 Å². The number of rotatable bonds is 7. The van der Waals surface area contributed by atoms with Gasteiger partial charge in [-0.15, -0.1) is 0 Å². The van der Waals surface area contributed by atoms with Crippen LogP contribution in [0.5, 0.6) is 0 Å². The average Bonchev–Trinajstić information content (AvgIpc) is 2.48. The summed E-state index contributed by atoms with van der Waals surface area (Å²) in [5.74, 6) is -2.12. The molecule has 114 valence electrons. The predicted molar refractivity (Wildman–Crippen MR) is 76.8 cm³/mol. The summed E-state index contributed by atoms with van der Waals surface area (Å²) >= 11 is 0. The Morgan fingerprint density at radius 2 is 2.14 bits per heavy atom. The molecule has 1 rings (SSSR count). The van der Waals surface area contributed by atoms with Gasteiger partial charge in [0.25, 0.3) is 5.91 Å². The number of benzene rings is 1. The van der Waals surface area contributed by atoms with Crippen molar-refractivity contribution in [3.05, 3.63) is 47.0 Å². The van der Waals surface area contributed by atoms with Gasteiger partial charge >= 0.3 is 0 Å². The number of halogens is 2. The van der Waals surface area contributed by atoms with Gasteiger partial charge in [0.2, 0.25) is 0 Å². The first-order valence-corrected chi connectivity index (χ1v) is 6.57. The maximum absolute atomic E-state index is 13.0. The van der Waals surface area contributed by atoms with Crippen molar-refractivity contribution < 1.29 is 18.7 Å². The van der Waals surface area contributed by atoms with E-state index in [9.17, 15) is 13.6 Å². The van der Waals surface area contributed by atoms with Gasteiger partial charge < -0.3 is 10.4 Å². The first kappa shape index (κ1) is 17.0. The van der Waals surface area contributed by atoms with Gasteiger partial charge in [0.1, 0.15) is 0 Å². The lowest BCUT2D eigenvalue weighted by atomic mass is 10.1. The van der Waals surface area contributed by atoms with Crippen LogP contribution < -0.4 is 5.32 Å². The number of aliphatic imine (C=N–C) groups is 1. The molecule has 6 heteroatoms. The zero-order chi connectivity index (χ0) is 15.7. The number of carbonyl (C=O) groups is 1. The molecule has 0 saturated heterocycles. The van der Waals surface area contributed by atoms with E-state index in [4.69, 9.17) is 5.11 Å². The zero-order valence-corrected chi connectivity index (χ0v) is 11.8. The molecule has 4 nitrogen and oxygen atoms in total. The summed E-state index contributed by atoms with van der Waals surface area (Å²) in [4.78, 5) is 15.7. The van der Waals surface area contributed by atoms with Crippen molar-refractivity contribution in [2.24, 2.45) is 4.99 Å². The largest absolute Gasteiger partial charge is 0.396 e. The molecule has 21 heavy (non-hydrogen) atoms. The van der Waals surface area contributed by atoms with Crippen LogP contribution in [0.4, 0.5) is 8.78 Å². The highest BCUT2D eigenvalue weighted by molar-refractivity contribution is 5.99. The first-order valence-electron chi connectivity index (χ1n) is 6.57. The van der Waals surface area contributed by atoms with E-state index in [2.05, 4.69) is 10.3 Å². The topological polar surface area (TPSA) is 61.7 Å². The Bertz CT molecular complexity index is 542. The fourth-order valence-corrected chi connectivity index (χ4v) is 1.64. The Morgan fingerprint density at radius 3 is 2.76 bits per heavy atom. The standard InChI is InChI=1S/C15H18F2N2O2/c1-2-12(4-3-7-20)15(21)19-10-18-9-11-5-6-13(16)14(17)8-11/h2,5-6,8,10,20H,3-4,7,9H2,1H3,(H,18,19,21)/b12-2-. The highest BCUT2D eigenvalue weighted by atomic mass is 19.2. The summed E-state index contributed by atoms with van der Waals surface area (Å²) in [6, 6.07) is 3.52. The molecule has 0 spiro atoms. The van der Waals surface area contributed by atoms with Crippen molar-refractivity contribution in [2.75, 3.05) is 6.61 Å². The number of aliphatic hydroxyl groups is 1. The van der Waals surface area contributed by atoms with Crippen LogP contribution in [-0.2, 0) is 11.3 Å². The van der Waals surface area contributed by atoms with E-state index in [0.717, 1.165) is 12.1 Å². The second-order valence-electron chi connectivity index (χ2n) is 4.33. The van der Waals surface area contributed by atoms with Crippen molar-refractivity contribution in [3.8, 4) is 0 Å². The highest BCUT2D eigenvalue weighted by Crippen LogP contribution is 2.09. The number of amides is 1. The molecule has 0 fully saturated rings. The zero-order valence-electron chi connectivity index (χ0n) is 11.8. The number of hydrogen-bond acceptors (Lipinski definition) is 3. The SMILES string of the molecule is C/C=C(/CCCO)C(=O)NC=NCc1ccc(F)c(F)c1. The van der Waals surface area contributed by atoms with Crippen molar-refractivity contribution in [1.82, 2.24) is 5.32 Å². The van der Waals surface area contributed by atoms with Crippen LogP contribution in [0.25, 0.3) is 0 Å². The highest BCUT2D eigenvalue weighted by Gasteiger charge is 2.06. The van der Waals surface area contributed by atoms with Gasteiger partial charge in [0.05, 0.1) is 12.9 Å². The van der Waals surface area contributed by atoms with E-state index in [1.807, 2.05) is 0 Å². The molecular weight excluding hydrogens is 278 g/mol. The Kier molecular flexibility index (Phi) is 7.25. The van der Waals surface area contributed by atoms with E-state index >= 15 is 0 Å². The molecule has 1 aromatic rings. The Hall–Kier alpha value is -2.08. The molecular formula is C15H18F2N2O2. The van der Waals surface area contributed by atoms with Gasteiger partial charge in [-0.3, -0.25) is 9.79 Å². The quantitative estimate of drug-likeness (QED) is 0.461. The third kappa shape index (κ3) is 5.83. The number of aliphatic hydroxyl groups excluding tert-OH is 1. The van der Waals surface area contributed by atoms with Crippen LogP contribution >= 0.6 is 0 Å². The summed E-state index contributed by atoms with van der Waals surface area (Å²) in [6.45, 7) is 1.90. The smallest absolute Gasteiger partial charge is 0.251 e. The molecule has 0 bridgehead atoms. The summed E-state index contributed by atoms with van der Waals surface area (Å²) < 4.78 is 25.7. The van der Waals surface area contributed by atoms with Crippen molar-refractivity contribution in [2.45, 2.75) is 26.3 Å². The van der Waals surface area contributed by atoms with Crippen molar-refractivity contribution in [3.63, 3.8) is 0 Å². The maximum Gasteiger partial charge on any atom is 0.251 e. The number of hydrogen-bond donors (Lipinski definition) is 2. The van der Waals surface area contributed by atoms with Crippen molar-refractivity contribution in [1.29, 1.82) is 0 Å². The Labute approximate surface area is 122 Å². The number of nitrogens with one attached hydrogen (secondary N) is 1. The van der Waals surface area contributed by atoms with E-state index in [1.54, 1.807) is 13.0 Å².